The van der Waals surface area contributed by atoms with Gasteiger partial charge >= 0.3 is 6.18 Å². The molecule has 1 N–H and O–H groups in total. The van der Waals surface area contributed by atoms with Gasteiger partial charge in [-0.1, -0.05) is 30.3 Å². The third-order valence-electron chi connectivity index (χ3n) is 4.81. The summed E-state index contributed by atoms with van der Waals surface area (Å²) < 4.78 is 42.5. The van der Waals surface area contributed by atoms with Crippen molar-refractivity contribution in [2.24, 2.45) is 0 Å². The molecule has 0 bridgehead atoms. The summed E-state index contributed by atoms with van der Waals surface area (Å²) in [4.78, 5) is 26.5. The molecule has 1 heterocycles. The first-order chi connectivity index (χ1) is 13.8. The molecule has 1 aliphatic heterocycles. The number of alkyl halides is 3. The molecular formula is C21H21F3N2O3. The minimum Gasteiger partial charge on any atom is -0.496 e. The molecule has 0 unspecified atom stereocenters. The second kappa shape index (κ2) is 8.55. The molecule has 0 saturated carbocycles. The highest BCUT2D eigenvalue weighted by Crippen LogP contribution is 2.31. The second-order valence-corrected chi connectivity index (χ2v) is 6.77. The Bertz CT molecular complexity index is 899. The summed E-state index contributed by atoms with van der Waals surface area (Å²) in [6.45, 7) is -1.09. The molecule has 154 valence electrons. The number of methoxy groups -OCH3 is 1. The molecule has 2 amide bonds. The van der Waals surface area contributed by atoms with E-state index in [-0.39, 0.29) is 5.91 Å². The number of hydrogen-bond acceptors (Lipinski definition) is 3. The maximum absolute atomic E-state index is 13.0. The van der Waals surface area contributed by atoms with Gasteiger partial charge in [-0.3, -0.25) is 9.59 Å². The van der Waals surface area contributed by atoms with Crippen LogP contribution in [0.2, 0.25) is 0 Å². The number of likely N-dealkylation sites (tertiary alicyclic amines) is 1. The van der Waals surface area contributed by atoms with Gasteiger partial charge in [0.15, 0.2) is 0 Å². The number of halogens is 3. The first kappa shape index (κ1) is 20.7. The number of nitrogens with one attached hydrogen (secondary N) is 1. The largest absolute Gasteiger partial charge is 0.496 e. The Balaban J connectivity index is 1.80. The van der Waals surface area contributed by atoms with Crippen molar-refractivity contribution in [3.8, 4) is 16.9 Å². The summed E-state index contributed by atoms with van der Waals surface area (Å²) in [7, 11) is 1.56. The van der Waals surface area contributed by atoms with Gasteiger partial charge in [0, 0.05) is 17.7 Å². The van der Waals surface area contributed by atoms with E-state index in [0.717, 1.165) is 11.1 Å². The SMILES string of the molecule is COc1ccccc1-c1cccc(C(=O)N2CCC[C@H]2C(=O)NCC(F)(F)F)c1. The summed E-state index contributed by atoms with van der Waals surface area (Å²) >= 11 is 0. The zero-order valence-corrected chi connectivity index (χ0v) is 15.8. The average Bonchev–Trinajstić information content (AvgIpc) is 3.21. The quantitative estimate of drug-likeness (QED) is 0.825. The molecule has 0 aromatic heterocycles. The van der Waals surface area contributed by atoms with Crippen molar-refractivity contribution in [3.05, 3.63) is 54.1 Å². The topological polar surface area (TPSA) is 58.6 Å². The van der Waals surface area contributed by atoms with Gasteiger partial charge in [0.2, 0.25) is 5.91 Å². The van der Waals surface area contributed by atoms with Gasteiger partial charge in [-0.25, -0.2) is 0 Å². The molecular weight excluding hydrogens is 385 g/mol. The Morgan fingerprint density at radius 1 is 1.17 bits per heavy atom. The lowest BCUT2D eigenvalue weighted by molar-refractivity contribution is -0.140. The summed E-state index contributed by atoms with van der Waals surface area (Å²) in [6, 6.07) is 13.4. The van der Waals surface area contributed by atoms with Crippen molar-refractivity contribution in [2.45, 2.75) is 25.1 Å². The Morgan fingerprint density at radius 2 is 1.93 bits per heavy atom. The molecule has 2 aromatic rings. The maximum atomic E-state index is 13.0. The minimum atomic E-state index is -4.49. The Morgan fingerprint density at radius 3 is 2.66 bits per heavy atom. The number of carbonyl (C=O) groups excluding carboxylic acids is 2. The number of ether oxygens (including phenoxy) is 1. The Labute approximate surface area is 166 Å². The van der Waals surface area contributed by atoms with Gasteiger partial charge in [-0.05, 0) is 36.6 Å². The van der Waals surface area contributed by atoms with E-state index in [1.807, 2.05) is 35.6 Å². The molecule has 1 atom stereocenters. The highest BCUT2D eigenvalue weighted by molar-refractivity contribution is 5.99. The number of hydrogen-bond donors (Lipinski definition) is 1. The van der Waals surface area contributed by atoms with E-state index >= 15 is 0 Å². The third-order valence-corrected chi connectivity index (χ3v) is 4.81. The van der Waals surface area contributed by atoms with Crippen molar-refractivity contribution in [1.82, 2.24) is 10.2 Å². The van der Waals surface area contributed by atoms with Crippen LogP contribution in [0.1, 0.15) is 23.2 Å². The van der Waals surface area contributed by atoms with E-state index in [4.69, 9.17) is 4.74 Å². The van der Waals surface area contributed by atoms with Crippen LogP contribution in [-0.2, 0) is 4.79 Å². The number of rotatable bonds is 5. The minimum absolute atomic E-state index is 0.321. The zero-order chi connectivity index (χ0) is 21.0. The number of nitrogens with zero attached hydrogens (tertiary/aromatic N) is 1. The lowest BCUT2D eigenvalue weighted by Crippen LogP contribution is -2.48. The van der Waals surface area contributed by atoms with Crippen molar-refractivity contribution in [3.63, 3.8) is 0 Å². The lowest BCUT2D eigenvalue weighted by Gasteiger charge is -2.24. The Hall–Kier alpha value is -3.03. The zero-order valence-electron chi connectivity index (χ0n) is 15.8. The first-order valence-electron chi connectivity index (χ1n) is 9.19. The predicted molar refractivity (Wildman–Crippen MR) is 102 cm³/mol. The van der Waals surface area contributed by atoms with E-state index in [9.17, 15) is 22.8 Å². The van der Waals surface area contributed by atoms with Crippen LogP contribution in [0.5, 0.6) is 5.75 Å². The summed E-state index contributed by atoms with van der Waals surface area (Å²) in [5.41, 5.74) is 1.94. The van der Waals surface area contributed by atoms with Gasteiger partial charge in [0.1, 0.15) is 18.3 Å². The van der Waals surface area contributed by atoms with E-state index in [1.165, 1.54) is 4.90 Å². The van der Waals surface area contributed by atoms with E-state index in [2.05, 4.69) is 0 Å². The fraction of sp³-hybridized carbons (Fsp3) is 0.333. The third kappa shape index (κ3) is 4.88. The highest BCUT2D eigenvalue weighted by Gasteiger charge is 2.36. The normalized spacial score (nSPS) is 16.6. The van der Waals surface area contributed by atoms with Gasteiger partial charge in [0.25, 0.3) is 5.91 Å². The molecule has 8 heteroatoms. The maximum Gasteiger partial charge on any atom is 0.405 e. The van der Waals surface area contributed by atoms with Crippen molar-refractivity contribution < 1.29 is 27.5 Å². The van der Waals surface area contributed by atoms with Gasteiger partial charge < -0.3 is 15.0 Å². The van der Waals surface area contributed by atoms with E-state index in [1.54, 1.807) is 25.3 Å². The fourth-order valence-electron chi connectivity index (χ4n) is 3.46. The molecule has 1 aliphatic rings. The van der Waals surface area contributed by atoms with E-state index in [0.29, 0.717) is 30.7 Å². The number of para-hydroxylation sites is 1. The number of benzene rings is 2. The molecule has 1 saturated heterocycles. The predicted octanol–water partition coefficient (Wildman–Crippen LogP) is 3.65. The van der Waals surface area contributed by atoms with Crippen LogP contribution in [0.3, 0.4) is 0 Å². The van der Waals surface area contributed by atoms with Crippen molar-refractivity contribution in [1.29, 1.82) is 0 Å². The molecule has 29 heavy (non-hydrogen) atoms. The molecule has 1 fully saturated rings. The molecule has 0 radical (unpaired) electrons. The van der Waals surface area contributed by atoms with E-state index < -0.39 is 24.7 Å². The number of amides is 2. The van der Waals surface area contributed by atoms with Crippen LogP contribution in [-0.4, -0.2) is 49.1 Å². The smallest absolute Gasteiger partial charge is 0.405 e. The van der Waals surface area contributed by atoms with Crippen LogP contribution in [0, 0.1) is 0 Å². The molecule has 0 spiro atoms. The van der Waals surface area contributed by atoms with Crippen LogP contribution in [0.25, 0.3) is 11.1 Å². The molecule has 3 rings (SSSR count). The van der Waals surface area contributed by atoms with Crippen LogP contribution in [0.15, 0.2) is 48.5 Å². The van der Waals surface area contributed by atoms with Crippen molar-refractivity contribution >= 4 is 11.8 Å². The summed E-state index contributed by atoms with van der Waals surface area (Å²) in [5.74, 6) is -0.511. The lowest BCUT2D eigenvalue weighted by atomic mass is 10.0. The van der Waals surface area contributed by atoms with Crippen molar-refractivity contribution in [2.75, 3.05) is 20.2 Å². The van der Waals surface area contributed by atoms with Crippen LogP contribution < -0.4 is 10.1 Å². The fourth-order valence-corrected chi connectivity index (χ4v) is 3.46. The molecule has 0 aliphatic carbocycles. The monoisotopic (exact) mass is 406 g/mol. The van der Waals surface area contributed by atoms with Crippen LogP contribution >= 0.6 is 0 Å². The van der Waals surface area contributed by atoms with Crippen LogP contribution in [0.4, 0.5) is 13.2 Å². The first-order valence-corrected chi connectivity index (χ1v) is 9.19. The number of carbonyl (C=O) groups is 2. The second-order valence-electron chi connectivity index (χ2n) is 6.77. The summed E-state index contributed by atoms with van der Waals surface area (Å²) in [5, 5.41) is 1.88. The molecule has 2 aromatic carbocycles. The standard InChI is InChI=1S/C21H21F3N2O3/c1-29-18-10-3-2-8-16(18)14-6-4-7-15(12-14)20(28)26-11-5-9-17(26)19(27)25-13-21(22,23)24/h2-4,6-8,10,12,17H,5,9,11,13H2,1H3,(H,25,27)/t17-/m0/s1. The Kier molecular flexibility index (Phi) is 6.10. The van der Waals surface area contributed by atoms with Gasteiger partial charge in [-0.2, -0.15) is 13.2 Å². The molecule has 5 nitrogen and oxygen atoms in total. The van der Waals surface area contributed by atoms with Gasteiger partial charge in [0.05, 0.1) is 7.11 Å². The average molecular weight is 406 g/mol. The summed E-state index contributed by atoms with van der Waals surface area (Å²) in [6.07, 6.45) is -3.60. The highest BCUT2D eigenvalue weighted by atomic mass is 19.4. The van der Waals surface area contributed by atoms with Gasteiger partial charge in [-0.15, -0.1) is 0 Å².